The van der Waals surface area contributed by atoms with Crippen molar-refractivity contribution in [1.29, 1.82) is 0 Å². The van der Waals surface area contributed by atoms with Crippen LogP contribution in [-0.2, 0) is 0 Å². The van der Waals surface area contributed by atoms with E-state index in [0.29, 0.717) is 6.04 Å². The van der Waals surface area contributed by atoms with Crippen molar-refractivity contribution in [2.24, 2.45) is 0 Å². The Bertz CT molecular complexity index is 170. The van der Waals surface area contributed by atoms with Gasteiger partial charge in [-0.15, -0.1) is 0 Å². The van der Waals surface area contributed by atoms with Gasteiger partial charge < -0.3 is 10.4 Å². The molecule has 0 spiro atoms. The molecule has 1 fully saturated rings. The molecule has 1 saturated carbocycles. The Morgan fingerprint density at radius 3 is 2.12 bits per heavy atom. The third kappa shape index (κ3) is 4.84. The second kappa shape index (κ2) is 7.29. The minimum absolute atomic E-state index is 0.405. The predicted octanol–water partition coefficient (Wildman–Crippen LogP) is 3.24. The van der Waals surface area contributed by atoms with Crippen LogP contribution < -0.4 is 5.32 Å². The quantitative estimate of drug-likeness (QED) is 0.700. The van der Waals surface area contributed by atoms with Crippen LogP contribution in [0.4, 0.5) is 0 Å². The maximum atomic E-state index is 10.4. The van der Waals surface area contributed by atoms with E-state index in [9.17, 15) is 5.11 Å². The van der Waals surface area contributed by atoms with Crippen LogP contribution in [0, 0.1) is 0 Å². The SMILES string of the molecule is CCCC(CCC)NCC1(O)CCCCC1. The van der Waals surface area contributed by atoms with Crippen molar-refractivity contribution in [3.63, 3.8) is 0 Å². The van der Waals surface area contributed by atoms with Gasteiger partial charge in [-0.25, -0.2) is 0 Å². The zero-order valence-electron chi connectivity index (χ0n) is 11.1. The van der Waals surface area contributed by atoms with Crippen molar-refractivity contribution in [2.75, 3.05) is 6.54 Å². The molecular weight excluding hydrogens is 198 g/mol. The Morgan fingerprint density at radius 2 is 1.62 bits per heavy atom. The summed E-state index contributed by atoms with van der Waals surface area (Å²) in [5.74, 6) is 0. The van der Waals surface area contributed by atoms with E-state index in [-0.39, 0.29) is 0 Å². The van der Waals surface area contributed by atoms with Crippen LogP contribution >= 0.6 is 0 Å². The summed E-state index contributed by atoms with van der Waals surface area (Å²) in [4.78, 5) is 0. The number of hydrogen-bond donors (Lipinski definition) is 2. The van der Waals surface area contributed by atoms with Crippen LogP contribution in [0.15, 0.2) is 0 Å². The van der Waals surface area contributed by atoms with Gasteiger partial charge in [0.2, 0.25) is 0 Å². The molecule has 0 saturated heterocycles. The maximum Gasteiger partial charge on any atom is 0.0771 e. The monoisotopic (exact) mass is 227 g/mol. The molecule has 0 aromatic rings. The summed E-state index contributed by atoms with van der Waals surface area (Å²) >= 11 is 0. The van der Waals surface area contributed by atoms with Crippen molar-refractivity contribution in [1.82, 2.24) is 5.32 Å². The summed E-state index contributed by atoms with van der Waals surface area (Å²) < 4.78 is 0. The second-order valence-electron chi connectivity index (χ2n) is 5.44. The highest BCUT2D eigenvalue weighted by Gasteiger charge is 2.29. The molecular formula is C14H29NO. The normalized spacial score (nSPS) is 20.2. The van der Waals surface area contributed by atoms with Crippen LogP contribution in [0.5, 0.6) is 0 Å². The molecule has 0 radical (unpaired) electrons. The van der Waals surface area contributed by atoms with E-state index in [1.54, 1.807) is 0 Å². The molecule has 0 aliphatic heterocycles. The first-order chi connectivity index (χ1) is 7.70. The lowest BCUT2D eigenvalue weighted by Crippen LogP contribution is -2.45. The standard InChI is InChI=1S/C14H29NO/c1-3-8-13(9-4-2)15-12-14(16)10-6-5-7-11-14/h13,15-16H,3-12H2,1-2H3. The summed E-state index contributed by atoms with van der Waals surface area (Å²) in [6.07, 6.45) is 10.6. The molecule has 1 rings (SSSR count). The molecule has 0 aromatic carbocycles. The summed E-state index contributed by atoms with van der Waals surface area (Å²) in [5, 5.41) is 14.0. The van der Waals surface area contributed by atoms with E-state index in [4.69, 9.17) is 0 Å². The molecule has 2 nitrogen and oxygen atoms in total. The van der Waals surface area contributed by atoms with Crippen molar-refractivity contribution < 1.29 is 5.11 Å². The summed E-state index contributed by atoms with van der Waals surface area (Å²) in [6, 6.07) is 0.612. The minimum atomic E-state index is -0.405. The van der Waals surface area contributed by atoms with Gasteiger partial charge in [0.1, 0.15) is 0 Å². The number of nitrogens with one attached hydrogen (secondary N) is 1. The smallest absolute Gasteiger partial charge is 0.0771 e. The molecule has 0 unspecified atom stereocenters. The Balaban J connectivity index is 2.28. The van der Waals surface area contributed by atoms with Gasteiger partial charge in [0.25, 0.3) is 0 Å². The molecule has 16 heavy (non-hydrogen) atoms. The van der Waals surface area contributed by atoms with Gasteiger partial charge in [-0.05, 0) is 25.7 Å². The molecule has 0 heterocycles. The molecule has 2 N–H and O–H groups in total. The summed E-state index contributed by atoms with van der Waals surface area (Å²) in [5.41, 5.74) is -0.405. The fraction of sp³-hybridized carbons (Fsp3) is 1.00. The highest BCUT2D eigenvalue weighted by atomic mass is 16.3. The molecule has 1 aliphatic carbocycles. The highest BCUT2D eigenvalue weighted by molar-refractivity contribution is 4.85. The Labute approximate surface area is 101 Å². The van der Waals surface area contributed by atoms with Gasteiger partial charge in [0.05, 0.1) is 5.60 Å². The number of hydrogen-bond acceptors (Lipinski definition) is 2. The molecule has 0 aromatic heterocycles. The van der Waals surface area contributed by atoms with E-state index < -0.39 is 5.60 Å². The number of rotatable bonds is 7. The van der Waals surface area contributed by atoms with Gasteiger partial charge in [0, 0.05) is 12.6 Å². The van der Waals surface area contributed by atoms with Crippen LogP contribution in [0.2, 0.25) is 0 Å². The Hall–Kier alpha value is -0.0800. The van der Waals surface area contributed by atoms with E-state index in [1.165, 1.54) is 44.9 Å². The first-order valence-electron chi connectivity index (χ1n) is 7.16. The van der Waals surface area contributed by atoms with E-state index in [0.717, 1.165) is 19.4 Å². The zero-order valence-corrected chi connectivity index (χ0v) is 11.1. The fourth-order valence-corrected chi connectivity index (χ4v) is 2.77. The maximum absolute atomic E-state index is 10.4. The lowest BCUT2D eigenvalue weighted by atomic mass is 9.84. The van der Waals surface area contributed by atoms with Crippen molar-refractivity contribution in [2.45, 2.75) is 83.3 Å². The lowest BCUT2D eigenvalue weighted by molar-refractivity contribution is 0.00217. The van der Waals surface area contributed by atoms with Gasteiger partial charge >= 0.3 is 0 Å². The van der Waals surface area contributed by atoms with Crippen molar-refractivity contribution >= 4 is 0 Å². The molecule has 2 heteroatoms. The van der Waals surface area contributed by atoms with Gasteiger partial charge in [0.15, 0.2) is 0 Å². The second-order valence-corrected chi connectivity index (χ2v) is 5.44. The third-order valence-corrected chi connectivity index (χ3v) is 3.78. The van der Waals surface area contributed by atoms with Gasteiger partial charge in [-0.3, -0.25) is 0 Å². The van der Waals surface area contributed by atoms with Crippen LogP contribution in [0.25, 0.3) is 0 Å². The molecule has 0 amide bonds. The lowest BCUT2D eigenvalue weighted by Gasteiger charge is -2.34. The third-order valence-electron chi connectivity index (χ3n) is 3.78. The predicted molar refractivity (Wildman–Crippen MR) is 69.6 cm³/mol. The van der Waals surface area contributed by atoms with Gasteiger partial charge in [-0.2, -0.15) is 0 Å². The molecule has 1 aliphatic rings. The summed E-state index contributed by atoms with van der Waals surface area (Å²) in [6.45, 7) is 5.27. The van der Waals surface area contributed by atoms with Crippen LogP contribution in [-0.4, -0.2) is 23.3 Å². The number of aliphatic hydroxyl groups is 1. The molecule has 0 atom stereocenters. The first-order valence-corrected chi connectivity index (χ1v) is 7.16. The molecule has 96 valence electrons. The molecule has 0 bridgehead atoms. The average Bonchev–Trinajstić information content (AvgIpc) is 2.28. The van der Waals surface area contributed by atoms with E-state index in [2.05, 4.69) is 19.2 Å². The first kappa shape index (κ1) is 14.0. The van der Waals surface area contributed by atoms with E-state index >= 15 is 0 Å². The summed E-state index contributed by atoms with van der Waals surface area (Å²) in [7, 11) is 0. The Morgan fingerprint density at radius 1 is 1.06 bits per heavy atom. The minimum Gasteiger partial charge on any atom is -0.389 e. The van der Waals surface area contributed by atoms with Crippen molar-refractivity contribution in [3.05, 3.63) is 0 Å². The van der Waals surface area contributed by atoms with Crippen LogP contribution in [0.3, 0.4) is 0 Å². The van der Waals surface area contributed by atoms with Crippen molar-refractivity contribution in [3.8, 4) is 0 Å². The average molecular weight is 227 g/mol. The fourth-order valence-electron chi connectivity index (χ4n) is 2.77. The Kier molecular flexibility index (Phi) is 6.37. The van der Waals surface area contributed by atoms with Crippen LogP contribution in [0.1, 0.15) is 71.6 Å². The van der Waals surface area contributed by atoms with Gasteiger partial charge in [-0.1, -0.05) is 46.0 Å². The van der Waals surface area contributed by atoms with E-state index in [1.807, 2.05) is 0 Å². The highest BCUT2D eigenvalue weighted by Crippen LogP contribution is 2.27. The largest absolute Gasteiger partial charge is 0.389 e. The zero-order chi connectivity index (χ0) is 11.9. The topological polar surface area (TPSA) is 32.3 Å².